The van der Waals surface area contributed by atoms with Crippen LogP contribution in [0.1, 0.15) is 5.69 Å². The lowest BCUT2D eigenvalue weighted by Gasteiger charge is -2.12. The van der Waals surface area contributed by atoms with E-state index in [0.717, 1.165) is 5.69 Å². The quantitative estimate of drug-likeness (QED) is 0.752. The highest BCUT2D eigenvalue weighted by Gasteiger charge is 2.10. The number of carbonyl (C=O) groups excluding carboxylic acids is 1. The van der Waals surface area contributed by atoms with Gasteiger partial charge >= 0.3 is 0 Å². The number of benzene rings is 1. The maximum Gasteiger partial charge on any atom is 0.244 e. The van der Waals surface area contributed by atoms with E-state index in [1.807, 2.05) is 6.92 Å². The molecule has 7 nitrogen and oxygen atoms in total. The fourth-order valence-corrected chi connectivity index (χ4v) is 2.35. The first kappa shape index (κ1) is 15.7. The van der Waals surface area contributed by atoms with Gasteiger partial charge in [-0.1, -0.05) is 0 Å². The Labute approximate surface area is 138 Å². The first-order valence-corrected chi connectivity index (χ1v) is 7.37. The summed E-state index contributed by atoms with van der Waals surface area (Å²) in [7, 11) is 1.75. The smallest absolute Gasteiger partial charge is 0.244 e. The van der Waals surface area contributed by atoms with E-state index in [0.29, 0.717) is 17.2 Å². The first-order chi connectivity index (χ1) is 11.5. The number of nitrogens with zero attached hydrogens (tertiary/aromatic N) is 4. The van der Waals surface area contributed by atoms with Gasteiger partial charge in [0.1, 0.15) is 11.6 Å². The van der Waals surface area contributed by atoms with Crippen LogP contribution in [0.25, 0.3) is 5.69 Å². The Balaban J connectivity index is 1.71. The van der Waals surface area contributed by atoms with Crippen molar-refractivity contribution in [2.75, 3.05) is 17.2 Å². The molecular weight excluding hydrogens is 311 g/mol. The number of hydrogen-bond acceptors (Lipinski definition) is 4. The Kier molecular flexibility index (Phi) is 4.28. The molecule has 3 aromatic rings. The van der Waals surface area contributed by atoms with E-state index in [1.54, 1.807) is 47.0 Å². The van der Waals surface area contributed by atoms with Crippen LogP contribution in [0.3, 0.4) is 0 Å². The minimum Gasteiger partial charge on any atom is -0.374 e. The minimum absolute atomic E-state index is 0.0120. The van der Waals surface area contributed by atoms with Gasteiger partial charge in [0, 0.05) is 25.5 Å². The second kappa shape index (κ2) is 6.53. The number of anilines is 2. The molecule has 0 spiro atoms. The van der Waals surface area contributed by atoms with Gasteiger partial charge in [0.05, 0.1) is 23.6 Å². The number of aryl methyl sites for hydroxylation is 2. The van der Waals surface area contributed by atoms with Crippen LogP contribution in [-0.2, 0) is 11.8 Å². The van der Waals surface area contributed by atoms with Crippen molar-refractivity contribution >= 4 is 17.4 Å². The third-order valence-corrected chi connectivity index (χ3v) is 3.42. The monoisotopic (exact) mass is 328 g/mol. The van der Waals surface area contributed by atoms with Crippen LogP contribution in [0.15, 0.2) is 42.7 Å². The molecule has 0 radical (unpaired) electrons. The summed E-state index contributed by atoms with van der Waals surface area (Å²) in [5, 5.41) is 14.0. The van der Waals surface area contributed by atoms with E-state index in [2.05, 4.69) is 20.8 Å². The molecular formula is C16H17FN6O. The number of aromatic nitrogens is 4. The van der Waals surface area contributed by atoms with Gasteiger partial charge in [-0.15, -0.1) is 0 Å². The van der Waals surface area contributed by atoms with E-state index in [1.165, 1.54) is 12.1 Å². The van der Waals surface area contributed by atoms with E-state index >= 15 is 0 Å². The number of hydrogen-bond donors (Lipinski definition) is 2. The zero-order valence-corrected chi connectivity index (χ0v) is 13.3. The van der Waals surface area contributed by atoms with Crippen LogP contribution in [0.4, 0.5) is 15.9 Å². The number of carbonyl (C=O) groups is 1. The standard InChI is InChI=1S/C16H17FN6O/c1-11-8-15(22(2)21-11)20-16(24)10-18-13-9-12(17)4-5-14(13)23-7-3-6-19-23/h3-9,18H,10H2,1-2H3,(H,20,24). The molecule has 0 aliphatic rings. The summed E-state index contributed by atoms with van der Waals surface area (Å²) in [6.07, 6.45) is 3.38. The van der Waals surface area contributed by atoms with Crippen molar-refractivity contribution in [3.8, 4) is 5.69 Å². The molecule has 0 unspecified atom stereocenters. The van der Waals surface area contributed by atoms with Crippen molar-refractivity contribution < 1.29 is 9.18 Å². The average Bonchev–Trinajstić information content (AvgIpc) is 3.16. The molecule has 0 bridgehead atoms. The molecule has 0 fully saturated rings. The highest BCUT2D eigenvalue weighted by Crippen LogP contribution is 2.20. The van der Waals surface area contributed by atoms with Crippen LogP contribution >= 0.6 is 0 Å². The normalized spacial score (nSPS) is 10.6. The predicted molar refractivity (Wildman–Crippen MR) is 88.6 cm³/mol. The highest BCUT2D eigenvalue weighted by molar-refractivity contribution is 5.93. The number of nitrogens with one attached hydrogen (secondary N) is 2. The molecule has 0 saturated heterocycles. The maximum atomic E-state index is 13.5. The number of rotatable bonds is 5. The lowest BCUT2D eigenvalue weighted by molar-refractivity contribution is -0.114. The van der Waals surface area contributed by atoms with Gasteiger partial charge in [0.15, 0.2) is 0 Å². The van der Waals surface area contributed by atoms with Crippen LogP contribution in [0.2, 0.25) is 0 Å². The zero-order valence-electron chi connectivity index (χ0n) is 13.3. The molecule has 1 amide bonds. The van der Waals surface area contributed by atoms with Crippen molar-refractivity contribution in [1.82, 2.24) is 19.6 Å². The Morgan fingerprint density at radius 2 is 2.17 bits per heavy atom. The van der Waals surface area contributed by atoms with Gasteiger partial charge in [-0.05, 0) is 31.2 Å². The Morgan fingerprint density at radius 1 is 1.33 bits per heavy atom. The van der Waals surface area contributed by atoms with Gasteiger partial charge in [-0.3, -0.25) is 9.48 Å². The second-order valence-electron chi connectivity index (χ2n) is 5.31. The molecule has 0 aliphatic carbocycles. The molecule has 0 atom stereocenters. The van der Waals surface area contributed by atoms with E-state index < -0.39 is 5.82 Å². The molecule has 2 aromatic heterocycles. The fourth-order valence-electron chi connectivity index (χ4n) is 2.35. The van der Waals surface area contributed by atoms with E-state index in [4.69, 9.17) is 0 Å². The van der Waals surface area contributed by atoms with E-state index in [9.17, 15) is 9.18 Å². The zero-order chi connectivity index (χ0) is 17.1. The SMILES string of the molecule is Cc1cc(NC(=O)CNc2cc(F)ccc2-n2cccn2)n(C)n1. The summed E-state index contributed by atoms with van der Waals surface area (Å²) in [5.41, 5.74) is 1.95. The van der Waals surface area contributed by atoms with Crippen LogP contribution < -0.4 is 10.6 Å². The fraction of sp³-hybridized carbons (Fsp3) is 0.188. The van der Waals surface area contributed by atoms with Gasteiger partial charge in [0.2, 0.25) is 5.91 Å². The van der Waals surface area contributed by atoms with Crippen LogP contribution in [-0.4, -0.2) is 32.0 Å². The third kappa shape index (κ3) is 3.43. The van der Waals surface area contributed by atoms with Crippen molar-refractivity contribution in [1.29, 1.82) is 0 Å². The van der Waals surface area contributed by atoms with Gasteiger partial charge in [0.25, 0.3) is 0 Å². The van der Waals surface area contributed by atoms with Gasteiger partial charge < -0.3 is 10.6 Å². The Hall–Kier alpha value is -3.16. The Morgan fingerprint density at radius 3 is 2.83 bits per heavy atom. The lowest BCUT2D eigenvalue weighted by Crippen LogP contribution is -2.23. The lowest BCUT2D eigenvalue weighted by atomic mass is 10.2. The number of amides is 1. The minimum atomic E-state index is -0.393. The van der Waals surface area contributed by atoms with Crippen molar-refractivity contribution in [2.24, 2.45) is 7.05 Å². The second-order valence-corrected chi connectivity index (χ2v) is 5.31. The molecule has 2 N–H and O–H groups in total. The van der Waals surface area contributed by atoms with Crippen LogP contribution in [0.5, 0.6) is 0 Å². The third-order valence-electron chi connectivity index (χ3n) is 3.42. The molecule has 0 aliphatic heterocycles. The highest BCUT2D eigenvalue weighted by atomic mass is 19.1. The summed E-state index contributed by atoms with van der Waals surface area (Å²) in [6.45, 7) is 1.83. The topological polar surface area (TPSA) is 76.8 Å². The largest absolute Gasteiger partial charge is 0.374 e. The molecule has 8 heteroatoms. The molecule has 124 valence electrons. The summed E-state index contributed by atoms with van der Waals surface area (Å²) < 4.78 is 16.7. The average molecular weight is 328 g/mol. The molecule has 24 heavy (non-hydrogen) atoms. The van der Waals surface area contributed by atoms with Crippen LogP contribution in [0, 0.1) is 12.7 Å². The predicted octanol–water partition coefficient (Wildman–Crippen LogP) is 2.10. The molecule has 1 aromatic carbocycles. The summed E-state index contributed by atoms with van der Waals surface area (Å²) in [4.78, 5) is 12.1. The van der Waals surface area contributed by atoms with Crippen molar-refractivity contribution in [3.63, 3.8) is 0 Å². The van der Waals surface area contributed by atoms with Crippen molar-refractivity contribution in [3.05, 3.63) is 54.2 Å². The molecule has 0 saturated carbocycles. The van der Waals surface area contributed by atoms with Gasteiger partial charge in [-0.25, -0.2) is 9.07 Å². The number of halogens is 1. The molecule has 2 heterocycles. The first-order valence-electron chi connectivity index (χ1n) is 7.37. The van der Waals surface area contributed by atoms with Gasteiger partial charge in [-0.2, -0.15) is 10.2 Å². The summed E-state index contributed by atoms with van der Waals surface area (Å²) in [5.74, 6) is -0.0457. The summed E-state index contributed by atoms with van der Waals surface area (Å²) in [6, 6.07) is 7.83. The maximum absolute atomic E-state index is 13.5. The Bertz CT molecular complexity index is 856. The summed E-state index contributed by atoms with van der Waals surface area (Å²) >= 11 is 0. The molecule has 3 rings (SSSR count). The van der Waals surface area contributed by atoms with E-state index in [-0.39, 0.29) is 12.5 Å². The van der Waals surface area contributed by atoms with Crippen molar-refractivity contribution in [2.45, 2.75) is 6.92 Å².